The van der Waals surface area contributed by atoms with Gasteiger partial charge in [0.25, 0.3) is 0 Å². The molecule has 2 aromatic heterocycles. The summed E-state index contributed by atoms with van der Waals surface area (Å²) in [7, 11) is 0. The van der Waals surface area contributed by atoms with Crippen molar-refractivity contribution in [3.05, 3.63) is 45.4 Å². The van der Waals surface area contributed by atoms with Crippen molar-refractivity contribution < 1.29 is 4.79 Å². The summed E-state index contributed by atoms with van der Waals surface area (Å²) in [6.45, 7) is 2.79. The fraction of sp³-hybridized carbons (Fsp3) is 0.308. The maximum absolute atomic E-state index is 11.7. The van der Waals surface area contributed by atoms with Gasteiger partial charge in [-0.05, 0) is 24.6 Å². The second kappa shape index (κ2) is 5.52. The van der Waals surface area contributed by atoms with E-state index in [0.29, 0.717) is 6.42 Å². The monoisotopic (exact) mass is 267 g/mol. The molecule has 90 valence electrons. The van der Waals surface area contributed by atoms with E-state index in [1.165, 1.54) is 4.88 Å². The third-order valence-electron chi connectivity index (χ3n) is 2.52. The van der Waals surface area contributed by atoms with Gasteiger partial charge in [-0.2, -0.15) is 0 Å². The van der Waals surface area contributed by atoms with Gasteiger partial charge in [0.15, 0.2) is 5.78 Å². The number of Topliss-reactive ketones (excluding diaryl/α,β-unsaturated/α-hetero) is 1. The standard InChI is InChI=1S/C13H14ClNOS/c1-2-3-12(16)10-6-7-15(8-10)9-11-4-5-13(14)17-11/h4-8H,2-3,9H2,1H3. The van der Waals surface area contributed by atoms with Crippen LogP contribution >= 0.6 is 22.9 Å². The van der Waals surface area contributed by atoms with E-state index in [0.717, 1.165) is 22.9 Å². The summed E-state index contributed by atoms with van der Waals surface area (Å²) in [5, 5.41) is 0. The minimum atomic E-state index is 0.218. The molecule has 2 heterocycles. The summed E-state index contributed by atoms with van der Waals surface area (Å²) in [5.41, 5.74) is 0.800. The van der Waals surface area contributed by atoms with Crippen molar-refractivity contribution in [3.8, 4) is 0 Å². The summed E-state index contributed by atoms with van der Waals surface area (Å²) in [5.74, 6) is 0.218. The van der Waals surface area contributed by atoms with E-state index >= 15 is 0 Å². The molecule has 0 atom stereocenters. The zero-order chi connectivity index (χ0) is 12.3. The van der Waals surface area contributed by atoms with Crippen LogP contribution in [0.15, 0.2) is 30.6 Å². The molecule has 0 N–H and O–H groups in total. The maximum atomic E-state index is 11.7. The van der Waals surface area contributed by atoms with Crippen molar-refractivity contribution in [1.82, 2.24) is 4.57 Å². The van der Waals surface area contributed by atoms with Crippen molar-refractivity contribution in [1.29, 1.82) is 0 Å². The van der Waals surface area contributed by atoms with E-state index in [-0.39, 0.29) is 5.78 Å². The van der Waals surface area contributed by atoms with Gasteiger partial charge in [0.05, 0.1) is 10.9 Å². The van der Waals surface area contributed by atoms with E-state index in [9.17, 15) is 4.79 Å². The molecule has 0 saturated carbocycles. The van der Waals surface area contributed by atoms with E-state index in [4.69, 9.17) is 11.6 Å². The smallest absolute Gasteiger partial charge is 0.164 e. The second-order valence-electron chi connectivity index (χ2n) is 3.95. The number of thiophene rings is 1. The first-order chi connectivity index (χ1) is 8.19. The van der Waals surface area contributed by atoms with Gasteiger partial charge in [-0.3, -0.25) is 4.79 Å². The molecule has 0 aliphatic rings. The molecule has 0 saturated heterocycles. The molecular formula is C13H14ClNOS. The third-order valence-corrected chi connectivity index (χ3v) is 3.73. The van der Waals surface area contributed by atoms with Gasteiger partial charge in [0.2, 0.25) is 0 Å². The highest BCUT2D eigenvalue weighted by molar-refractivity contribution is 7.16. The summed E-state index contributed by atoms with van der Waals surface area (Å²) >= 11 is 7.45. The fourth-order valence-electron chi connectivity index (χ4n) is 1.69. The quantitative estimate of drug-likeness (QED) is 0.743. The van der Waals surface area contributed by atoms with Gasteiger partial charge >= 0.3 is 0 Å². The minimum Gasteiger partial charge on any atom is -0.348 e. The summed E-state index contributed by atoms with van der Waals surface area (Å²) in [4.78, 5) is 12.9. The minimum absolute atomic E-state index is 0.218. The molecular weight excluding hydrogens is 254 g/mol. The SMILES string of the molecule is CCCC(=O)c1ccn(Cc2ccc(Cl)s2)c1. The summed E-state index contributed by atoms with van der Waals surface area (Å²) in [6.07, 6.45) is 5.36. The Balaban J connectivity index is 2.06. The van der Waals surface area contributed by atoms with Crippen LogP contribution in [0.3, 0.4) is 0 Å². The molecule has 4 heteroatoms. The second-order valence-corrected chi connectivity index (χ2v) is 5.75. The Kier molecular flexibility index (Phi) is 4.02. The summed E-state index contributed by atoms with van der Waals surface area (Å²) in [6, 6.07) is 5.79. The molecule has 2 rings (SSSR count). The number of rotatable bonds is 5. The van der Waals surface area contributed by atoms with Gasteiger partial charge < -0.3 is 4.57 Å². The van der Waals surface area contributed by atoms with E-state index in [1.807, 2.05) is 42.1 Å². The number of aromatic nitrogens is 1. The predicted molar refractivity (Wildman–Crippen MR) is 72.1 cm³/mol. The van der Waals surface area contributed by atoms with Gasteiger partial charge in [0.1, 0.15) is 0 Å². The van der Waals surface area contributed by atoms with Crippen LogP contribution in [0.1, 0.15) is 35.0 Å². The number of nitrogens with zero attached hydrogens (tertiary/aromatic N) is 1. The first kappa shape index (κ1) is 12.4. The fourth-order valence-corrected chi connectivity index (χ4v) is 2.79. The lowest BCUT2D eigenvalue weighted by atomic mass is 10.1. The van der Waals surface area contributed by atoms with Gasteiger partial charge in [-0.1, -0.05) is 18.5 Å². The first-order valence-electron chi connectivity index (χ1n) is 5.62. The molecule has 0 fully saturated rings. The number of hydrogen-bond acceptors (Lipinski definition) is 2. The lowest BCUT2D eigenvalue weighted by Gasteiger charge is -1.99. The Bertz CT molecular complexity index is 515. The van der Waals surface area contributed by atoms with Gasteiger partial charge in [0, 0.05) is 29.3 Å². The largest absolute Gasteiger partial charge is 0.348 e. The topological polar surface area (TPSA) is 22.0 Å². The average Bonchev–Trinajstić information content (AvgIpc) is 2.89. The van der Waals surface area contributed by atoms with Crippen LogP contribution in [0.25, 0.3) is 0 Å². The van der Waals surface area contributed by atoms with E-state index in [2.05, 4.69) is 0 Å². The van der Waals surface area contributed by atoms with E-state index in [1.54, 1.807) is 11.3 Å². The summed E-state index contributed by atoms with van der Waals surface area (Å²) < 4.78 is 2.82. The van der Waals surface area contributed by atoms with Crippen LogP contribution in [-0.2, 0) is 6.54 Å². The molecule has 0 amide bonds. The highest BCUT2D eigenvalue weighted by Crippen LogP contribution is 2.22. The molecule has 17 heavy (non-hydrogen) atoms. The zero-order valence-corrected chi connectivity index (χ0v) is 11.2. The number of hydrogen-bond donors (Lipinski definition) is 0. The van der Waals surface area contributed by atoms with Gasteiger partial charge in [-0.25, -0.2) is 0 Å². The Morgan fingerprint density at radius 1 is 1.41 bits per heavy atom. The van der Waals surface area contributed by atoms with Crippen molar-refractivity contribution in [2.24, 2.45) is 0 Å². The van der Waals surface area contributed by atoms with Gasteiger partial charge in [-0.15, -0.1) is 11.3 Å². The van der Waals surface area contributed by atoms with Crippen molar-refractivity contribution in [2.45, 2.75) is 26.3 Å². The predicted octanol–water partition coefficient (Wildman–Crippen LogP) is 4.23. The van der Waals surface area contributed by atoms with Crippen molar-refractivity contribution in [2.75, 3.05) is 0 Å². The molecule has 0 spiro atoms. The normalized spacial score (nSPS) is 10.7. The molecule has 2 nitrogen and oxygen atoms in total. The van der Waals surface area contributed by atoms with Crippen molar-refractivity contribution in [3.63, 3.8) is 0 Å². The van der Waals surface area contributed by atoms with Crippen molar-refractivity contribution >= 4 is 28.7 Å². The number of halogens is 1. The van der Waals surface area contributed by atoms with Crippen LogP contribution in [0.5, 0.6) is 0 Å². The molecule has 2 aromatic rings. The molecule has 0 aromatic carbocycles. The maximum Gasteiger partial charge on any atom is 0.164 e. The molecule has 0 aliphatic carbocycles. The Labute approximate surface area is 110 Å². The van der Waals surface area contributed by atoms with Crippen LogP contribution < -0.4 is 0 Å². The Hall–Kier alpha value is -1.06. The molecule has 0 radical (unpaired) electrons. The Morgan fingerprint density at radius 3 is 2.88 bits per heavy atom. The molecule has 0 aliphatic heterocycles. The lowest BCUT2D eigenvalue weighted by molar-refractivity contribution is 0.0981. The molecule has 0 unspecified atom stereocenters. The highest BCUT2D eigenvalue weighted by Gasteiger charge is 2.07. The number of ketones is 1. The van der Waals surface area contributed by atoms with Crippen LogP contribution in [0.2, 0.25) is 4.34 Å². The first-order valence-corrected chi connectivity index (χ1v) is 6.81. The molecule has 0 bridgehead atoms. The lowest BCUT2D eigenvalue weighted by Crippen LogP contribution is -1.97. The third kappa shape index (κ3) is 3.20. The zero-order valence-electron chi connectivity index (χ0n) is 9.65. The van der Waals surface area contributed by atoms with E-state index < -0.39 is 0 Å². The van der Waals surface area contributed by atoms with Crippen LogP contribution in [0.4, 0.5) is 0 Å². The number of carbonyl (C=O) groups is 1. The Morgan fingerprint density at radius 2 is 2.24 bits per heavy atom. The highest BCUT2D eigenvalue weighted by atomic mass is 35.5. The average molecular weight is 268 g/mol. The van der Waals surface area contributed by atoms with Crippen LogP contribution in [0, 0.1) is 0 Å². The van der Waals surface area contributed by atoms with Crippen LogP contribution in [-0.4, -0.2) is 10.4 Å². The number of carbonyl (C=O) groups excluding carboxylic acids is 1.